The maximum atomic E-state index is 14.3. The molecule has 35 nitrogen and oxygen atoms in total. The predicted molar refractivity (Wildman–Crippen MR) is 299 cm³/mol. The van der Waals surface area contributed by atoms with E-state index in [4.69, 9.17) is 21.7 Å². The summed E-state index contributed by atoms with van der Waals surface area (Å²) in [5.74, 6) is -23.9. The molecule has 0 aromatic rings. The Balaban J connectivity index is 3.42. The molecular weight excluding hydrogens is 1190 g/mol. The number of thiol groups is 2. The maximum absolute atomic E-state index is 14.3. The van der Waals surface area contributed by atoms with E-state index in [1.807, 2.05) is 10.6 Å². The van der Waals surface area contributed by atoms with Gasteiger partial charge in [-0.1, -0.05) is 27.7 Å². The van der Waals surface area contributed by atoms with Crippen LogP contribution in [0.3, 0.4) is 0 Å². The molecule has 1 saturated heterocycles. The van der Waals surface area contributed by atoms with Crippen molar-refractivity contribution < 1.29 is 112 Å². The van der Waals surface area contributed by atoms with Gasteiger partial charge >= 0.3 is 35.8 Å². The Morgan fingerprint density at radius 1 is 0.465 bits per heavy atom. The summed E-state index contributed by atoms with van der Waals surface area (Å²) in [6, 6.07) is -18.7. The molecule has 1 fully saturated rings. The topological polar surface area (TPSA) is 575 Å². The van der Waals surface area contributed by atoms with Crippen LogP contribution in [0.1, 0.15) is 105 Å². The summed E-state index contributed by atoms with van der Waals surface area (Å²) >= 11 is 8.11. The molecule has 1 aliphatic heterocycles. The number of carbonyl (C=O) groups excluding carboxylic acids is 11. The molecule has 19 N–H and O–H groups in total. The summed E-state index contributed by atoms with van der Waals surface area (Å²) in [6.07, 6.45) is -6.93. The van der Waals surface area contributed by atoms with Crippen LogP contribution in [0.4, 0.5) is 0 Å². The summed E-state index contributed by atoms with van der Waals surface area (Å²) in [4.78, 5) is 218. The molecule has 0 aliphatic carbocycles. The third kappa shape index (κ3) is 27.1. The monoisotopic (exact) mass is 1260 g/mol. The molecule has 86 heavy (non-hydrogen) atoms. The van der Waals surface area contributed by atoms with E-state index in [0.29, 0.717) is 0 Å². The van der Waals surface area contributed by atoms with Gasteiger partial charge in [0.25, 0.3) is 0 Å². The molecule has 0 unspecified atom stereocenters. The number of carboxylic acid groups (broad SMARTS) is 6. The van der Waals surface area contributed by atoms with Gasteiger partial charge in [0.1, 0.15) is 60.4 Å². The first-order valence-corrected chi connectivity index (χ1v) is 27.9. The molecule has 1 aliphatic rings. The molecular formula is C49H76N12O23S2. The SMILES string of the molecule is CC(C)C[C@H](NC(=O)[C@H](CCC(=O)O)NC(=O)[C@H](CS)NC(=O)[C@@H](NC(=O)[C@@H](N)CCC(=O)O)C(C)C)C(=O)N[C@@H](CC(N)=O)C(=O)N1CCC[C@H]1C(=O)N[C@@H](CC(=O)O)C(=O)N[C@@H](CS)C(=O)N[C@@H](CC(=O)O)C(=O)N[C@@H](CCC(=O)O)C(=O)O. The summed E-state index contributed by atoms with van der Waals surface area (Å²) in [5, 5.41) is 76.0. The number of carboxylic acids is 6. The predicted octanol–water partition coefficient (Wildman–Crippen LogP) is -6.27. The largest absolute Gasteiger partial charge is 0.481 e. The van der Waals surface area contributed by atoms with E-state index in [-0.39, 0.29) is 32.2 Å². The molecule has 0 saturated carbocycles. The maximum Gasteiger partial charge on any atom is 0.326 e. The zero-order chi connectivity index (χ0) is 65.9. The molecule has 0 spiro atoms. The van der Waals surface area contributed by atoms with Gasteiger partial charge in [-0.25, -0.2) is 4.79 Å². The van der Waals surface area contributed by atoms with E-state index in [1.165, 1.54) is 13.8 Å². The number of aliphatic carboxylic acids is 6. The summed E-state index contributed by atoms with van der Waals surface area (Å²) < 4.78 is 0. The molecule has 0 radical (unpaired) electrons. The molecule has 11 amide bonds. The number of carbonyl (C=O) groups is 17. The Labute approximate surface area is 501 Å². The first kappa shape index (κ1) is 75.7. The molecule has 0 bridgehead atoms. The van der Waals surface area contributed by atoms with E-state index < -0.39 is 242 Å². The fraction of sp³-hybridized carbons (Fsp3) is 0.653. The Hall–Kier alpha value is -8.35. The van der Waals surface area contributed by atoms with Crippen LogP contribution in [-0.4, -0.2) is 221 Å². The van der Waals surface area contributed by atoms with Gasteiger partial charge in [0.05, 0.1) is 25.3 Å². The highest BCUT2D eigenvalue weighted by atomic mass is 32.1. The van der Waals surface area contributed by atoms with Crippen molar-refractivity contribution in [2.75, 3.05) is 18.1 Å². The quantitative estimate of drug-likeness (QED) is 0.0254. The zero-order valence-corrected chi connectivity index (χ0v) is 49.0. The van der Waals surface area contributed by atoms with Gasteiger partial charge in [-0.05, 0) is 50.4 Å². The third-order valence-corrected chi connectivity index (χ3v) is 13.4. The molecule has 11 atom stereocenters. The van der Waals surface area contributed by atoms with E-state index >= 15 is 0 Å². The normalized spacial score (nSPS) is 16.3. The molecule has 0 aromatic heterocycles. The van der Waals surface area contributed by atoms with Gasteiger partial charge in [-0.2, -0.15) is 25.3 Å². The Morgan fingerprint density at radius 3 is 1.31 bits per heavy atom. The number of nitrogens with zero attached hydrogens (tertiary/aromatic N) is 1. The average Bonchev–Trinajstić information content (AvgIpc) is 2.41. The highest BCUT2D eigenvalue weighted by Gasteiger charge is 2.42. The molecule has 37 heteroatoms. The zero-order valence-electron chi connectivity index (χ0n) is 47.2. The van der Waals surface area contributed by atoms with Gasteiger partial charge in [0, 0.05) is 37.3 Å². The van der Waals surface area contributed by atoms with Crippen molar-refractivity contribution in [3.63, 3.8) is 0 Å². The first-order chi connectivity index (χ1) is 40.0. The van der Waals surface area contributed by atoms with Gasteiger partial charge in [0.15, 0.2) is 0 Å². The van der Waals surface area contributed by atoms with Crippen molar-refractivity contribution in [1.82, 2.24) is 52.8 Å². The minimum atomic E-state index is -2.04. The van der Waals surface area contributed by atoms with Crippen LogP contribution in [0.15, 0.2) is 0 Å². The highest BCUT2D eigenvalue weighted by molar-refractivity contribution is 7.80. The number of hydrogen-bond donors (Lipinski definition) is 19. The molecule has 0 aromatic carbocycles. The van der Waals surface area contributed by atoms with E-state index in [0.717, 1.165) is 4.90 Å². The summed E-state index contributed by atoms with van der Waals surface area (Å²) in [7, 11) is 0. The van der Waals surface area contributed by atoms with Crippen LogP contribution in [0.25, 0.3) is 0 Å². The number of likely N-dealkylation sites (tertiary alicyclic amines) is 1. The Morgan fingerprint density at radius 2 is 0.860 bits per heavy atom. The van der Waals surface area contributed by atoms with Crippen molar-refractivity contribution in [2.24, 2.45) is 23.3 Å². The average molecular weight is 1270 g/mol. The van der Waals surface area contributed by atoms with E-state index in [2.05, 4.69) is 62.5 Å². The van der Waals surface area contributed by atoms with Gasteiger partial charge in [-0.3, -0.25) is 76.7 Å². The summed E-state index contributed by atoms with van der Waals surface area (Å²) in [5.41, 5.74) is 11.3. The Kier molecular flexibility index (Phi) is 32.7. The second-order valence-corrected chi connectivity index (χ2v) is 21.2. The number of nitrogens with two attached hydrogens (primary N) is 2. The van der Waals surface area contributed by atoms with E-state index in [9.17, 15) is 102 Å². The van der Waals surface area contributed by atoms with Crippen molar-refractivity contribution in [2.45, 2.75) is 171 Å². The van der Waals surface area contributed by atoms with Crippen LogP contribution < -0.4 is 59.3 Å². The second kappa shape index (κ2) is 37.2. The van der Waals surface area contributed by atoms with Gasteiger partial charge in [-0.15, -0.1) is 0 Å². The number of primary amides is 1. The van der Waals surface area contributed by atoms with E-state index in [1.54, 1.807) is 13.8 Å². The summed E-state index contributed by atoms with van der Waals surface area (Å²) in [6.45, 7) is 6.07. The van der Waals surface area contributed by atoms with Crippen LogP contribution in [0.2, 0.25) is 0 Å². The third-order valence-electron chi connectivity index (χ3n) is 12.6. The molecule has 1 heterocycles. The first-order valence-electron chi connectivity index (χ1n) is 26.6. The number of rotatable bonds is 40. The highest BCUT2D eigenvalue weighted by Crippen LogP contribution is 2.21. The van der Waals surface area contributed by atoms with Crippen LogP contribution in [0.5, 0.6) is 0 Å². The van der Waals surface area contributed by atoms with Crippen molar-refractivity contribution in [1.29, 1.82) is 0 Å². The van der Waals surface area contributed by atoms with Crippen LogP contribution in [-0.2, 0) is 81.5 Å². The fourth-order valence-corrected chi connectivity index (χ4v) is 8.71. The number of nitrogens with one attached hydrogen (secondary N) is 9. The lowest BCUT2D eigenvalue weighted by Crippen LogP contribution is -2.61. The lowest BCUT2D eigenvalue weighted by molar-refractivity contribution is -0.145. The standard InChI is InChI=1S/C49H76N12O23S2/c1-20(2)14-25(54-40(74)23(8-11-34(65)66)52-44(78)30(19-86)59-47(81)38(21(3)4)60-39(73)22(50)7-10-33(63)64)41(75)57-28(15-32(51)62)48(82)61-13-5-6-31(61)46(80)56-27(17-37(71)72)43(77)58-29(18-85)45(79)55-26(16-36(69)70)42(76)53-24(49(83)84)9-12-35(67)68/h20-31,38,85-86H,5-19,50H2,1-4H3,(H2,51,62)(H,52,78)(H,53,76)(H,54,74)(H,55,79)(H,56,80)(H,57,75)(H,58,77)(H,59,81)(H,60,73)(H,63,64)(H,65,66)(H,67,68)(H,69,70)(H,71,72)(H,83,84)/t22-,23-,24-,25-,26-,27-,28-,29-,30-,31-,38-/m0/s1. The second-order valence-electron chi connectivity index (χ2n) is 20.5. The number of amides is 11. The van der Waals surface area contributed by atoms with Crippen LogP contribution in [0, 0.1) is 11.8 Å². The number of hydrogen-bond acceptors (Lipinski definition) is 20. The van der Waals surface area contributed by atoms with Crippen molar-refractivity contribution in [3.8, 4) is 0 Å². The Bertz CT molecular complexity index is 2540. The van der Waals surface area contributed by atoms with Gasteiger partial charge in [0.2, 0.25) is 65.0 Å². The minimum Gasteiger partial charge on any atom is -0.481 e. The lowest BCUT2D eigenvalue weighted by Gasteiger charge is -2.31. The van der Waals surface area contributed by atoms with Crippen molar-refractivity contribution >= 4 is 126 Å². The van der Waals surface area contributed by atoms with Crippen LogP contribution >= 0.6 is 25.3 Å². The lowest BCUT2D eigenvalue weighted by atomic mass is 10.0. The smallest absolute Gasteiger partial charge is 0.326 e. The van der Waals surface area contributed by atoms with Gasteiger partial charge < -0.3 is 94.9 Å². The van der Waals surface area contributed by atoms with Crippen molar-refractivity contribution in [3.05, 3.63) is 0 Å². The molecule has 1 rings (SSSR count). The molecule has 482 valence electrons. The fourth-order valence-electron chi connectivity index (χ4n) is 8.19. The minimum absolute atomic E-state index is 0.0730.